The van der Waals surface area contributed by atoms with Crippen LogP contribution in [-0.4, -0.2) is 38.3 Å². The Hall–Kier alpha value is -0.870. The molecule has 0 amide bonds. The van der Waals surface area contributed by atoms with Crippen LogP contribution in [0.1, 0.15) is 12.8 Å². The minimum absolute atomic E-state index is 0.0356. The molecule has 84 valence electrons. The molecule has 4 nitrogen and oxygen atoms in total. The molecular formula is C11H17NO3. The number of ketones is 1. The van der Waals surface area contributed by atoms with Crippen molar-refractivity contribution in [3.05, 3.63) is 12.3 Å². The molecule has 1 N–H and O–H groups in total. The number of ether oxygens (including phenoxy) is 2. The summed E-state index contributed by atoms with van der Waals surface area (Å²) < 4.78 is 10.7. The van der Waals surface area contributed by atoms with E-state index in [0.29, 0.717) is 0 Å². The molecule has 2 aliphatic rings. The van der Waals surface area contributed by atoms with Crippen LogP contribution in [0.5, 0.6) is 0 Å². The number of methoxy groups -OCH3 is 2. The first kappa shape index (κ1) is 10.6. The highest BCUT2D eigenvalue weighted by atomic mass is 16.5. The lowest BCUT2D eigenvalue weighted by Gasteiger charge is -2.40. The highest BCUT2D eigenvalue weighted by molar-refractivity contribution is 5.93. The molecule has 3 unspecified atom stereocenters. The molecule has 0 radical (unpaired) electrons. The van der Waals surface area contributed by atoms with Crippen LogP contribution in [-0.2, 0) is 14.3 Å². The topological polar surface area (TPSA) is 47.6 Å². The molecule has 4 heteroatoms. The van der Waals surface area contributed by atoms with E-state index in [2.05, 4.69) is 5.32 Å². The van der Waals surface area contributed by atoms with E-state index >= 15 is 0 Å². The zero-order valence-electron chi connectivity index (χ0n) is 9.10. The highest BCUT2D eigenvalue weighted by Crippen LogP contribution is 2.30. The van der Waals surface area contributed by atoms with Gasteiger partial charge in [0.15, 0.2) is 5.78 Å². The van der Waals surface area contributed by atoms with Gasteiger partial charge in [0.1, 0.15) is 0 Å². The van der Waals surface area contributed by atoms with Gasteiger partial charge in [-0.15, -0.1) is 0 Å². The zero-order valence-corrected chi connectivity index (χ0v) is 9.10. The average Bonchev–Trinajstić information content (AvgIpc) is 2.28. The van der Waals surface area contributed by atoms with Gasteiger partial charge in [-0.1, -0.05) is 0 Å². The summed E-state index contributed by atoms with van der Waals surface area (Å²) >= 11 is 0. The van der Waals surface area contributed by atoms with Crippen molar-refractivity contribution < 1.29 is 14.3 Å². The molecule has 1 saturated carbocycles. The van der Waals surface area contributed by atoms with Gasteiger partial charge in [0.2, 0.25) is 0 Å². The van der Waals surface area contributed by atoms with Crippen LogP contribution in [0.25, 0.3) is 0 Å². The Morgan fingerprint density at radius 1 is 1.27 bits per heavy atom. The largest absolute Gasteiger partial charge is 0.387 e. The maximum atomic E-state index is 11.7. The molecule has 1 aliphatic heterocycles. The molecule has 4 atom stereocenters. The van der Waals surface area contributed by atoms with E-state index in [1.54, 1.807) is 26.5 Å². The van der Waals surface area contributed by atoms with Crippen molar-refractivity contribution in [1.29, 1.82) is 0 Å². The van der Waals surface area contributed by atoms with Crippen molar-refractivity contribution in [3.63, 3.8) is 0 Å². The normalized spacial score (nSPS) is 39.7. The monoisotopic (exact) mass is 211 g/mol. The van der Waals surface area contributed by atoms with E-state index in [9.17, 15) is 4.79 Å². The second-order valence-corrected chi connectivity index (χ2v) is 4.14. The molecule has 2 rings (SSSR count). The van der Waals surface area contributed by atoms with Crippen LogP contribution in [0, 0.1) is 5.92 Å². The number of rotatable bonds is 2. The molecule has 15 heavy (non-hydrogen) atoms. The van der Waals surface area contributed by atoms with Crippen LogP contribution >= 0.6 is 0 Å². The number of hydrogen-bond donors (Lipinski definition) is 1. The average molecular weight is 211 g/mol. The summed E-state index contributed by atoms with van der Waals surface area (Å²) in [6.45, 7) is 0. The summed E-state index contributed by atoms with van der Waals surface area (Å²) in [7, 11) is 3.37. The molecule has 1 fully saturated rings. The Morgan fingerprint density at radius 2 is 1.93 bits per heavy atom. The van der Waals surface area contributed by atoms with Gasteiger partial charge in [0.25, 0.3) is 0 Å². The van der Waals surface area contributed by atoms with Crippen LogP contribution < -0.4 is 5.32 Å². The molecule has 1 aliphatic carbocycles. The third kappa shape index (κ3) is 1.92. The minimum Gasteiger partial charge on any atom is -0.387 e. The number of nitrogens with one attached hydrogen (secondary N) is 1. The van der Waals surface area contributed by atoms with Gasteiger partial charge in [-0.25, -0.2) is 0 Å². The van der Waals surface area contributed by atoms with Crippen molar-refractivity contribution in [1.82, 2.24) is 5.32 Å². The fraction of sp³-hybridized carbons (Fsp3) is 0.727. The Bertz CT molecular complexity index is 277. The second kappa shape index (κ2) is 4.33. The lowest BCUT2D eigenvalue weighted by atomic mass is 9.77. The van der Waals surface area contributed by atoms with E-state index in [0.717, 1.165) is 12.8 Å². The molecule has 0 spiro atoms. The number of carbonyl (C=O) groups excluding carboxylic acids is 1. The summed E-state index contributed by atoms with van der Waals surface area (Å²) in [6.07, 6.45) is 5.05. The van der Waals surface area contributed by atoms with Crippen molar-refractivity contribution in [2.75, 3.05) is 14.2 Å². The number of hydrogen-bond acceptors (Lipinski definition) is 4. The van der Waals surface area contributed by atoms with Crippen LogP contribution in [0.3, 0.4) is 0 Å². The van der Waals surface area contributed by atoms with Gasteiger partial charge in [0, 0.05) is 32.4 Å². The SMILES string of the molecule is COC1CC2C(=O)C=CNC2C[C@H]1OC. The molecule has 0 aromatic heterocycles. The van der Waals surface area contributed by atoms with E-state index in [4.69, 9.17) is 9.47 Å². The first-order valence-corrected chi connectivity index (χ1v) is 5.28. The third-order valence-electron chi connectivity index (χ3n) is 3.40. The molecule has 0 saturated heterocycles. The van der Waals surface area contributed by atoms with E-state index in [1.807, 2.05) is 0 Å². The van der Waals surface area contributed by atoms with Crippen molar-refractivity contribution >= 4 is 5.78 Å². The van der Waals surface area contributed by atoms with Crippen molar-refractivity contribution in [2.24, 2.45) is 5.92 Å². The second-order valence-electron chi connectivity index (χ2n) is 4.14. The molecular weight excluding hydrogens is 194 g/mol. The fourth-order valence-electron chi connectivity index (χ4n) is 2.50. The highest BCUT2D eigenvalue weighted by Gasteiger charge is 2.41. The molecule has 0 aromatic carbocycles. The minimum atomic E-state index is 0.0356. The Morgan fingerprint density at radius 3 is 2.60 bits per heavy atom. The first-order valence-electron chi connectivity index (χ1n) is 5.28. The lowest BCUT2D eigenvalue weighted by Crippen LogP contribution is -2.52. The fourth-order valence-corrected chi connectivity index (χ4v) is 2.50. The summed E-state index contributed by atoms with van der Waals surface area (Å²) in [4.78, 5) is 11.7. The van der Waals surface area contributed by atoms with Gasteiger partial charge >= 0.3 is 0 Å². The van der Waals surface area contributed by atoms with Crippen LogP contribution in [0.15, 0.2) is 12.3 Å². The van der Waals surface area contributed by atoms with Gasteiger partial charge in [-0.05, 0) is 18.9 Å². The summed E-state index contributed by atoms with van der Waals surface area (Å²) in [6, 6.07) is 0.207. The zero-order chi connectivity index (χ0) is 10.8. The summed E-state index contributed by atoms with van der Waals surface area (Å²) in [5.74, 6) is 0.252. The smallest absolute Gasteiger partial charge is 0.162 e. The lowest BCUT2D eigenvalue weighted by molar-refractivity contribution is -0.128. The van der Waals surface area contributed by atoms with E-state index < -0.39 is 0 Å². The Labute approximate surface area is 89.6 Å². The third-order valence-corrected chi connectivity index (χ3v) is 3.40. The summed E-state index contributed by atoms with van der Waals surface area (Å²) in [5, 5.41) is 3.22. The van der Waals surface area contributed by atoms with Gasteiger partial charge < -0.3 is 14.8 Å². The van der Waals surface area contributed by atoms with E-state index in [-0.39, 0.29) is 30.0 Å². The van der Waals surface area contributed by atoms with Gasteiger partial charge in [0.05, 0.1) is 12.2 Å². The number of fused-ring (bicyclic) bond motifs is 1. The van der Waals surface area contributed by atoms with E-state index in [1.165, 1.54) is 0 Å². The number of allylic oxidation sites excluding steroid dienone is 1. The first-order chi connectivity index (χ1) is 7.26. The predicted molar refractivity (Wildman–Crippen MR) is 55.4 cm³/mol. The van der Waals surface area contributed by atoms with Crippen LogP contribution in [0.4, 0.5) is 0 Å². The number of carbonyl (C=O) groups is 1. The quantitative estimate of drug-likeness (QED) is 0.721. The maximum Gasteiger partial charge on any atom is 0.162 e. The van der Waals surface area contributed by atoms with Gasteiger partial charge in [-0.2, -0.15) is 0 Å². The van der Waals surface area contributed by atoms with Gasteiger partial charge in [-0.3, -0.25) is 4.79 Å². The van der Waals surface area contributed by atoms with Crippen molar-refractivity contribution in [3.8, 4) is 0 Å². The Kier molecular flexibility index (Phi) is 3.07. The standard InChI is InChI=1S/C11H17NO3/c1-14-10-5-7-8(6-11(10)15-2)12-4-3-9(7)13/h3-4,7-8,10-12H,5-6H2,1-2H3/t7?,8?,10?,11-/m1/s1. The predicted octanol–water partition coefficient (Wildman–Crippen LogP) is 0.481. The van der Waals surface area contributed by atoms with Crippen molar-refractivity contribution in [2.45, 2.75) is 31.1 Å². The molecule has 1 heterocycles. The van der Waals surface area contributed by atoms with Crippen LogP contribution in [0.2, 0.25) is 0 Å². The Balaban J connectivity index is 2.11. The maximum absolute atomic E-state index is 11.7. The summed E-state index contributed by atoms with van der Waals surface area (Å²) in [5.41, 5.74) is 0. The molecule has 0 aromatic rings. The molecule has 0 bridgehead atoms.